The molecule has 106 valence electrons. The number of nitrogens with two attached hydrogens (primary N) is 1. The van der Waals surface area contributed by atoms with Gasteiger partial charge >= 0.3 is 0 Å². The number of benzene rings is 1. The highest BCUT2D eigenvalue weighted by Crippen LogP contribution is 2.17. The fraction of sp³-hybridized carbons (Fsp3) is 0.167. The molecule has 2 rings (SSSR count). The third-order valence-corrected chi connectivity index (χ3v) is 4.47. The molecule has 0 unspecified atom stereocenters. The molecule has 0 aliphatic carbocycles. The minimum Gasteiger partial charge on any atom is -0.389 e. The van der Waals surface area contributed by atoms with Crippen molar-refractivity contribution in [3.8, 4) is 0 Å². The molecule has 0 saturated carbocycles. The number of hydrogen-bond donors (Lipinski definition) is 2. The van der Waals surface area contributed by atoms with Gasteiger partial charge in [0.25, 0.3) is 0 Å². The highest BCUT2D eigenvalue weighted by atomic mass is 32.2. The van der Waals surface area contributed by atoms with Gasteiger partial charge < -0.3 is 10.3 Å². The summed E-state index contributed by atoms with van der Waals surface area (Å²) in [7, 11) is -3.63. The molecule has 0 bridgehead atoms. The maximum atomic E-state index is 12.2. The molecule has 6 nitrogen and oxygen atoms in total. The third kappa shape index (κ3) is 3.21. The number of aromatic nitrogens is 1. The first-order valence-corrected chi connectivity index (χ1v) is 7.59. The van der Waals surface area contributed by atoms with Crippen molar-refractivity contribution >= 4 is 27.2 Å². The largest absolute Gasteiger partial charge is 0.389 e. The summed E-state index contributed by atoms with van der Waals surface area (Å²) >= 11 is 4.86. The highest BCUT2D eigenvalue weighted by molar-refractivity contribution is 7.89. The second kappa shape index (κ2) is 5.70. The summed E-state index contributed by atoms with van der Waals surface area (Å²) in [6, 6.07) is 6.29. The summed E-state index contributed by atoms with van der Waals surface area (Å²) in [6.07, 6.45) is 1.45. The second-order valence-corrected chi connectivity index (χ2v) is 6.32. The average molecular weight is 311 g/mol. The van der Waals surface area contributed by atoms with Crippen molar-refractivity contribution in [3.63, 3.8) is 0 Å². The number of sulfonamides is 1. The molecule has 1 aromatic carbocycles. The molecule has 8 heteroatoms. The summed E-state index contributed by atoms with van der Waals surface area (Å²) < 4.78 is 31.7. The van der Waals surface area contributed by atoms with Crippen molar-refractivity contribution in [3.05, 3.63) is 47.3 Å². The molecular weight excluding hydrogens is 298 g/mol. The second-order valence-electron chi connectivity index (χ2n) is 4.15. The van der Waals surface area contributed by atoms with Crippen LogP contribution in [-0.4, -0.2) is 18.6 Å². The molecule has 0 atom stereocenters. The Hall–Kier alpha value is -1.77. The van der Waals surface area contributed by atoms with Gasteiger partial charge in [0.2, 0.25) is 10.0 Å². The fourth-order valence-electron chi connectivity index (χ4n) is 1.68. The van der Waals surface area contributed by atoms with E-state index < -0.39 is 10.0 Å². The predicted molar refractivity (Wildman–Crippen MR) is 77.6 cm³/mol. The minimum absolute atomic E-state index is 0.0405. The first-order chi connectivity index (χ1) is 9.40. The lowest BCUT2D eigenvalue weighted by atomic mass is 10.1. The van der Waals surface area contributed by atoms with Crippen LogP contribution in [0, 0.1) is 6.92 Å². The van der Waals surface area contributed by atoms with E-state index in [1.807, 2.05) is 0 Å². The van der Waals surface area contributed by atoms with E-state index in [4.69, 9.17) is 22.5 Å². The van der Waals surface area contributed by atoms with Crippen LogP contribution < -0.4 is 10.5 Å². The van der Waals surface area contributed by atoms with Crippen LogP contribution >= 0.6 is 12.2 Å². The van der Waals surface area contributed by atoms with Gasteiger partial charge in [0.1, 0.15) is 4.99 Å². The van der Waals surface area contributed by atoms with Crippen LogP contribution in [-0.2, 0) is 16.6 Å². The Bertz CT molecular complexity index is 724. The van der Waals surface area contributed by atoms with Gasteiger partial charge in [-0.25, -0.2) is 13.1 Å². The number of thiocarbonyl (C=S) groups is 1. The van der Waals surface area contributed by atoms with Gasteiger partial charge in [-0.3, -0.25) is 0 Å². The summed E-state index contributed by atoms with van der Waals surface area (Å²) in [5.74, 6) is 0.436. The summed E-state index contributed by atoms with van der Waals surface area (Å²) in [5, 5.41) is 3.51. The fourth-order valence-corrected chi connectivity index (χ4v) is 3.03. The number of nitrogens with one attached hydrogen (secondary N) is 1. The van der Waals surface area contributed by atoms with Gasteiger partial charge in [0.05, 0.1) is 17.6 Å². The molecule has 3 N–H and O–H groups in total. The topological polar surface area (TPSA) is 98.2 Å². The molecular formula is C12H13N3O3S2. The van der Waals surface area contributed by atoms with Crippen LogP contribution in [0.5, 0.6) is 0 Å². The molecule has 0 spiro atoms. The van der Waals surface area contributed by atoms with E-state index in [1.54, 1.807) is 25.1 Å². The summed E-state index contributed by atoms with van der Waals surface area (Å²) in [6.45, 7) is 1.73. The Morgan fingerprint density at radius 3 is 2.75 bits per heavy atom. The molecule has 0 radical (unpaired) electrons. The molecule has 0 saturated heterocycles. The lowest BCUT2D eigenvalue weighted by Gasteiger charge is -2.09. The lowest BCUT2D eigenvalue weighted by molar-refractivity contribution is 0.380. The van der Waals surface area contributed by atoms with Gasteiger partial charge in [-0.2, -0.15) is 0 Å². The molecule has 1 heterocycles. The van der Waals surface area contributed by atoms with Crippen LogP contribution in [0.4, 0.5) is 0 Å². The quantitative estimate of drug-likeness (QED) is 0.802. The van der Waals surface area contributed by atoms with Crippen molar-refractivity contribution in [2.24, 2.45) is 5.73 Å². The SMILES string of the molecule is Cc1cc(C(N)=S)ccc1S(=O)(=O)NCc1ccno1. The van der Waals surface area contributed by atoms with Gasteiger partial charge in [0.15, 0.2) is 5.76 Å². The zero-order valence-electron chi connectivity index (χ0n) is 10.7. The van der Waals surface area contributed by atoms with Crippen molar-refractivity contribution in [2.75, 3.05) is 0 Å². The maximum absolute atomic E-state index is 12.2. The van der Waals surface area contributed by atoms with E-state index in [0.29, 0.717) is 16.9 Å². The van der Waals surface area contributed by atoms with Crippen molar-refractivity contribution in [1.82, 2.24) is 9.88 Å². The Labute approximate surface area is 122 Å². The molecule has 0 aliphatic heterocycles. The molecule has 20 heavy (non-hydrogen) atoms. The number of aryl methyl sites for hydroxylation is 1. The first-order valence-electron chi connectivity index (χ1n) is 5.70. The van der Waals surface area contributed by atoms with Crippen molar-refractivity contribution in [2.45, 2.75) is 18.4 Å². The van der Waals surface area contributed by atoms with Gasteiger partial charge in [0, 0.05) is 11.6 Å². The molecule has 1 aromatic heterocycles. The zero-order valence-corrected chi connectivity index (χ0v) is 12.3. The Kier molecular flexibility index (Phi) is 4.17. The predicted octanol–water partition coefficient (Wildman–Crippen LogP) is 1.10. The summed E-state index contributed by atoms with van der Waals surface area (Å²) in [5.41, 5.74) is 6.71. The van der Waals surface area contributed by atoms with E-state index in [1.165, 1.54) is 12.3 Å². The standard InChI is InChI=1S/C12H13N3O3S2/c1-8-6-9(12(13)19)2-3-11(8)20(16,17)15-7-10-4-5-14-18-10/h2-6,15H,7H2,1H3,(H2,13,19). The number of nitrogens with zero attached hydrogens (tertiary/aromatic N) is 1. The normalized spacial score (nSPS) is 11.4. The maximum Gasteiger partial charge on any atom is 0.241 e. The van der Waals surface area contributed by atoms with Crippen molar-refractivity contribution in [1.29, 1.82) is 0 Å². The van der Waals surface area contributed by atoms with Gasteiger partial charge in [-0.05, 0) is 24.6 Å². The Morgan fingerprint density at radius 2 is 2.20 bits per heavy atom. The molecule has 0 fully saturated rings. The van der Waals surface area contributed by atoms with E-state index in [0.717, 1.165) is 0 Å². The van der Waals surface area contributed by atoms with E-state index in [9.17, 15) is 8.42 Å². The zero-order chi connectivity index (χ0) is 14.8. The average Bonchev–Trinajstić information content (AvgIpc) is 2.89. The third-order valence-electron chi connectivity index (χ3n) is 2.68. The smallest absolute Gasteiger partial charge is 0.241 e. The lowest BCUT2D eigenvalue weighted by Crippen LogP contribution is -2.24. The van der Waals surface area contributed by atoms with E-state index in [2.05, 4.69) is 9.88 Å². The van der Waals surface area contributed by atoms with Crippen LogP contribution in [0.25, 0.3) is 0 Å². The summed E-state index contributed by atoms with van der Waals surface area (Å²) in [4.78, 5) is 0.406. The molecule has 0 amide bonds. The monoisotopic (exact) mass is 311 g/mol. The number of hydrogen-bond acceptors (Lipinski definition) is 5. The van der Waals surface area contributed by atoms with Crippen LogP contribution in [0.3, 0.4) is 0 Å². The van der Waals surface area contributed by atoms with E-state index in [-0.39, 0.29) is 16.4 Å². The van der Waals surface area contributed by atoms with Crippen LogP contribution in [0.1, 0.15) is 16.9 Å². The van der Waals surface area contributed by atoms with E-state index >= 15 is 0 Å². The molecule has 0 aliphatic rings. The Morgan fingerprint density at radius 1 is 1.45 bits per heavy atom. The van der Waals surface area contributed by atoms with Gasteiger partial charge in [-0.15, -0.1) is 0 Å². The highest BCUT2D eigenvalue weighted by Gasteiger charge is 2.17. The molecule has 2 aromatic rings. The van der Waals surface area contributed by atoms with Gasteiger partial charge in [-0.1, -0.05) is 23.4 Å². The number of rotatable bonds is 5. The van der Waals surface area contributed by atoms with Crippen LogP contribution in [0.2, 0.25) is 0 Å². The Balaban J connectivity index is 2.23. The van der Waals surface area contributed by atoms with Crippen LogP contribution in [0.15, 0.2) is 39.9 Å². The van der Waals surface area contributed by atoms with Crippen molar-refractivity contribution < 1.29 is 12.9 Å². The minimum atomic E-state index is -3.63. The first kappa shape index (κ1) is 14.6.